The molecule has 0 unspecified atom stereocenters. The summed E-state index contributed by atoms with van der Waals surface area (Å²) in [6.45, 7) is 3.51. The lowest BCUT2D eigenvalue weighted by atomic mass is 10.1. The van der Waals surface area contributed by atoms with Crippen molar-refractivity contribution in [1.82, 2.24) is 9.36 Å². The lowest BCUT2D eigenvalue weighted by Gasteiger charge is -2.04. The zero-order chi connectivity index (χ0) is 13.8. The fraction of sp³-hybridized carbons (Fsp3) is 0.231. The minimum atomic E-state index is -0.129. The minimum absolute atomic E-state index is 0.129. The van der Waals surface area contributed by atoms with E-state index in [2.05, 4.69) is 14.7 Å². The summed E-state index contributed by atoms with van der Waals surface area (Å²) in [6.07, 6.45) is 0.264. The zero-order valence-electron chi connectivity index (χ0n) is 10.7. The highest BCUT2D eigenvalue weighted by Gasteiger charge is 2.08. The molecule has 0 saturated heterocycles. The Kier molecular flexibility index (Phi) is 4.01. The summed E-state index contributed by atoms with van der Waals surface area (Å²) in [6, 6.07) is 7.44. The molecule has 0 atom stereocenters. The van der Waals surface area contributed by atoms with Crippen LogP contribution in [0.25, 0.3) is 0 Å². The van der Waals surface area contributed by atoms with Crippen LogP contribution in [0.15, 0.2) is 24.3 Å². The van der Waals surface area contributed by atoms with Crippen LogP contribution in [-0.4, -0.2) is 21.0 Å². The molecule has 0 radical (unpaired) electrons. The minimum Gasteiger partial charge on any atom is -0.305 e. The van der Waals surface area contributed by atoms with Gasteiger partial charge in [0.05, 0.1) is 6.42 Å². The molecule has 0 aliphatic rings. The number of carbonyl (C=O) groups excluding carboxylic acids is 1. The van der Waals surface area contributed by atoms with Crippen LogP contribution in [-0.2, 0) is 11.2 Å². The fourth-order valence-corrected chi connectivity index (χ4v) is 2.20. The largest absolute Gasteiger partial charge is 0.305 e. The van der Waals surface area contributed by atoms with Crippen LogP contribution in [0.3, 0.4) is 0 Å². The Hall–Kier alpha value is -2.08. The summed E-state index contributed by atoms with van der Waals surface area (Å²) < 4.78 is 4.00. The maximum Gasteiger partial charge on any atom is 0.230 e. The Bertz CT molecular complexity index is 621. The van der Waals surface area contributed by atoms with Gasteiger partial charge in [-0.3, -0.25) is 4.79 Å². The number of nitrogens with one attached hydrogen (secondary N) is 2. The van der Waals surface area contributed by atoms with E-state index in [4.69, 9.17) is 5.41 Å². The Balaban J connectivity index is 2.02. The maximum absolute atomic E-state index is 11.8. The molecule has 2 N–H and O–H groups in total. The Morgan fingerprint density at radius 1 is 1.47 bits per heavy atom. The van der Waals surface area contributed by atoms with Crippen LogP contribution < -0.4 is 5.32 Å². The van der Waals surface area contributed by atoms with E-state index in [0.717, 1.165) is 11.1 Å². The number of benzene rings is 1. The molecule has 1 aromatic heterocycles. The lowest BCUT2D eigenvalue weighted by Crippen LogP contribution is -2.14. The number of hydrogen-bond acceptors (Lipinski definition) is 5. The van der Waals surface area contributed by atoms with Gasteiger partial charge in [0.15, 0.2) is 0 Å². The quantitative estimate of drug-likeness (QED) is 0.840. The summed E-state index contributed by atoms with van der Waals surface area (Å²) in [4.78, 5) is 15.9. The van der Waals surface area contributed by atoms with Gasteiger partial charge in [-0.2, -0.15) is 4.37 Å². The van der Waals surface area contributed by atoms with Crippen LogP contribution >= 0.6 is 11.5 Å². The van der Waals surface area contributed by atoms with Crippen molar-refractivity contribution < 1.29 is 4.79 Å². The number of anilines is 1. The second kappa shape index (κ2) is 5.71. The molecule has 5 nitrogen and oxygen atoms in total. The van der Waals surface area contributed by atoms with Crippen molar-refractivity contribution in [2.45, 2.75) is 20.3 Å². The third-order valence-electron chi connectivity index (χ3n) is 2.50. The summed E-state index contributed by atoms with van der Waals surface area (Å²) in [5.41, 5.74) is 2.20. The first kappa shape index (κ1) is 13.4. The predicted octanol–water partition coefficient (Wildman–Crippen LogP) is 2.42. The molecule has 98 valence electrons. The third-order valence-corrected chi connectivity index (χ3v) is 3.22. The van der Waals surface area contributed by atoms with Gasteiger partial charge < -0.3 is 10.7 Å². The van der Waals surface area contributed by atoms with Gasteiger partial charge >= 0.3 is 0 Å². The van der Waals surface area contributed by atoms with Crippen molar-refractivity contribution in [2.24, 2.45) is 0 Å². The lowest BCUT2D eigenvalue weighted by molar-refractivity contribution is -0.115. The van der Waals surface area contributed by atoms with Crippen LogP contribution in [0, 0.1) is 12.3 Å². The van der Waals surface area contributed by atoms with Crippen molar-refractivity contribution >= 4 is 28.3 Å². The van der Waals surface area contributed by atoms with E-state index >= 15 is 0 Å². The molecule has 0 saturated carbocycles. The SMILES string of the molecule is CC(=N)c1cccc(CC(=O)Nc2nc(C)ns2)c1. The van der Waals surface area contributed by atoms with Crippen molar-refractivity contribution in [3.8, 4) is 0 Å². The topological polar surface area (TPSA) is 78.7 Å². The smallest absolute Gasteiger partial charge is 0.230 e. The van der Waals surface area contributed by atoms with Crippen LogP contribution in [0.4, 0.5) is 5.13 Å². The van der Waals surface area contributed by atoms with Gasteiger partial charge in [-0.05, 0) is 31.0 Å². The van der Waals surface area contributed by atoms with Crippen molar-refractivity contribution in [2.75, 3.05) is 5.32 Å². The normalized spacial score (nSPS) is 10.2. The third kappa shape index (κ3) is 3.69. The molecule has 0 fully saturated rings. The van der Waals surface area contributed by atoms with Crippen molar-refractivity contribution in [3.63, 3.8) is 0 Å². The van der Waals surface area contributed by atoms with E-state index < -0.39 is 0 Å². The molecule has 0 bridgehead atoms. The van der Waals surface area contributed by atoms with E-state index in [1.807, 2.05) is 24.3 Å². The average molecular weight is 274 g/mol. The van der Waals surface area contributed by atoms with Gasteiger partial charge in [-0.25, -0.2) is 4.98 Å². The molecule has 19 heavy (non-hydrogen) atoms. The molecule has 0 aliphatic carbocycles. The Morgan fingerprint density at radius 3 is 2.89 bits per heavy atom. The van der Waals surface area contributed by atoms with Crippen LogP contribution in [0.2, 0.25) is 0 Å². The first-order valence-corrected chi connectivity index (χ1v) is 6.56. The zero-order valence-corrected chi connectivity index (χ0v) is 11.5. The first-order valence-electron chi connectivity index (χ1n) is 5.79. The number of carbonyl (C=O) groups is 1. The molecular formula is C13H14N4OS. The van der Waals surface area contributed by atoms with Gasteiger partial charge in [-0.1, -0.05) is 18.2 Å². The van der Waals surface area contributed by atoms with E-state index in [1.165, 1.54) is 11.5 Å². The van der Waals surface area contributed by atoms with Gasteiger partial charge in [0.1, 0.15) is 5.82 Å². The fourth-order valence-electron chi connectivity index (χ4n) is 1.61. The van der Waals surface area contributed by atoms with Gasteiger partial charge in [0, 0.05) is 17.2 Å². The summed E-state index contributed by atoms with van der Waals surface area (Å²) >= 11 is 1.17. The van der Waals surface area contributed by atoms with Crippen molar-refractivity contribution in [3.05, 3.63) is 41.2 Å². The van der Waals surface area contributed by atoms with Gasteiger partial charge in [-0.15, -0.1) is 0 Å². The van der Waals surface area contributed by atoms with Crippen molar-refractivity contribution in [1.29, 1.82) is 5.41 Å². The molecule has 2 rings (SSSR count). The van der Waals surface area contributed by atoms with E-state index in [9.17, 15) is 4.79 Å². The second-order valence-corrected chi connectivity index (χ2v) is 4.95. The molecule has 6 heteroatoms. The highest BCUT2D eigenvalue weighted by molar-refractivity contribution is 7.09. The van der Waals surface area contributed by atoms with E-state index in [0.29, 0.717) is 16.7 Å². The van der Waals surface area contributed by atoms with Crippen LogP contribution in [0.1, 0.15) is 23.9 Å². The average Bonchev–Trinajstić information content (AvgIpc) is 2.74. The van der Waals surface area contributed by atoms with Crippen LogP contribution in [0.5, 0.6) is 0 Å². The Morgan fingerprint density at radius 2 is 2.26 bits per heavy atom. The number of amides is 1. The highest BCUT2D eigenvalue weighted by Crippen LogP contribution is 2.12. The maximum atomic E-state index is 11.8. The first-order chi connectivity index (χ1) is 9.04. The van der Waals surface area contributed by atoms with Gasteiger partial charge in [0.25, 0.3) is 0 Å². The predicted molar refractivity (Wildman–Crippen MR) is 75.9 cm³/mol. The molecule has 2 aromatic rings. The highest BCUT2D eigenvalue weighted by atomic mass is 32.1. The summed E-state index contributed by atoms with van der Waals surface area (Å²) in [5.74, 6) is 0.526. The monoisotopic (exact) mass is 274 g/mol. The van der Waals surface area contributed by atoms with E-state index in [1.54, 1.807) is 13.8 Å². The molecule has 1 amide bonds. The molecule has 1 heterocycles. The summed E-state index contributed by atoms with van der Waals surface area (Å²) in [5, 5.41) is 10.8. The molecule has 0 spiro atoms. The number of aromatic nitrogens is 2. The number of rotatable bonds is 4. The second-order valence-electron chi connectivity index (χ2n) is 4.20. The van der Waals surface area contributed by atoms with Gasteiger partial charge in [0.2, 0.25) is 11.0 Å². The molecule has 0 aliphatic heterocycles. The number of hydrogen-bond donors (Lipinski definition) is 2. The van der Waals surface area contributed by atoms with E-state index in [-0.39, 0.29) is 12.3 Å². The Labute approximate surface area is 115 Å². The molecule has 1 aromatic carbocycles. The standard InChI is InChI=1S/C13H14N4OS/c1-8(14)11-5-3-4-10(6-11)7-12(18)16-13-15-9(2)17-19-13/h3-6,14H,7H2,1-2H3,(H,15,16,17,18). The summed E-state index contributed by atoms with van der Waals surface area (Å²) in [7, 11) is 0. The molecular weight excluding hydrogens is 260 g/mol. The number of aryl methyl sites for hydroxylation is 1. The number of nitrogens with zero attached hydrogens (tertiary/aromatic N) is 2.